The predicted octanol–water partition coefficient (Wildman–Crippen LogP) is 2.68. The number of fused-ring (bicyclic) bond motifs is 1. The lowest BCUT2D eigenvalue weighted by atomic mass is 10.1. The van der Waals surface area contributed by atoms with Gasteiger partial charge in [-0.2, -0.15) is 0 Å². The Labute approximate surface area is 174 Å². The van der Waals surface area contributed by atoms with Crippen molar-refractivity contribution >= 4 is 11.8 Å². The number of nitrogens with one attached hydrogen (secondary N) is 1. The summed E-state index contributed by atoms with van der Waals surface area (Å²) in [6.45, 7) is 1.45. The Morgan fingerprint density at radius 2 is 1.77 bits per heavy atom. The molecular weight excluding hydrogens is 383 g/mol. The number of aromatic nitrogens is 2. The Balaban J connectivity index is 1.61. The summed E-state index contributed by atoms with van der Waals surface area (Å²) in [5.74, 6) is -0.0226. The molecule has 2 heterocycles. The zero-order valence-electron chi connectivity index (χ0n) is 16.8. The van der Waals surface area contributed by atoms with Crippen LogP contribution in [0.1, 0.15) is 21.7 Å². The molecule has 2 amide bonds. The maximum Gasteiger partial charge on any atom is 0.271 e. The van der Waals surface area contributed by atoms with Gasteiger partial charge in [-0.1, -0.05) is 48.5 Å². The summed E-state index contributed by atoms with van der Waals surface area (Å²) in [5.41, 5.74) is 2.51. The minimum atomic E-state index is -0.371. The van der Waals surface area contributed by atoms with Crippen molar-refractivity contribution in [3.05, 3.63) is 77.4 Å². The molecule has 0 saturated heterocycles. The molecule has 3 aromatic rings. The number of hydrogen-bond donors (Lipinski definition) is 1. The molecule has 7 heteroatoms. The van der Waals surface area contributed by atoms with E-state index in [1.54, 1.807) is 30.1 Å². The van der Waals surface area contributed by atoms with E-state index in [-0.39, 0.29) is 24.1 Å². The van der Waals surface area contributed by atoms with Crippen LogP contribution in [0.15, 0.2) is 54.6 Å². The molecule has 1 aromatic heterocycles. The minimum absolute atomic E-state index is 0.0215. The minimum Gasteiger partial charge on any atom is -0.354 e. The Hall–Kier alpha value is -3.48. The van der Waals surface area contributed by atoms with Gasteiger partial charge < -0.3 is 14.8 Å². The molecule has 0 fully saturated rings. The maximum absolute atomic E-state index is 14.0. The quantitative estimate of drug-likeness (QED) is 0.724. The lowest BCUT2D eigenvalue weighted by molar-refractivity contribution is -0.130. The van der Waals surface area contributed by atoms with E-state index in [1.165, 1.54) is 6.07 Å². The predicted molar refractivity (Wildman–Crippen MR) is 111 cm³/mol. The molecule has 1 N–H and O–H groups in total. The van der Waals surface area contributed by atoms with Gasteiger partial charge in [0.1, 0.15) is 17.3 Å². The molecule has 4 rings (SSSR count). The summed E-state index contributed by atoms with van der Waals surface area (Å²) in [6, 6.07) is 16.0. The first kappa shape index (κ1) is 19.8. The molecule has 1 aliphatic heterocycles. The second-order valence-electron chi connectivity index (χ2n) is 7.23. The zero-order valence-corrected chi connectivity index (χ0v) is 16.8. The van der Waals surface area contributed by atoms with Gasteiger partial charge in [-0.05, 0) is 11.6 Å². The van der Waals surface area contributed by atoms with Crippen LogP contribution < -0.4 is 5.32 Å². The van der Waals surface area contributed by atoms with Gasteiger partial charge in [-0.3, -0.25) is 9.59 Å². The number of carbonyl (C=O) groups excluding carboxylic acids is 2. The normalized spacial score (nSPS) is 13.5. The third-order valence-corrected chi connectivity index (χ3v) is 5.41. The SMILES string of the molecule is CNC(=O)c1nc(-c2ccccc2)n2c1CCN(C(=O)Cc1ccccc1F)CC2. The number of hydrogen-bond acceptors (Lipinski definition) is 3. The molecule has 0 radical (unpaired) electrons. The molecule has 0 bridgehead atoms. The van der Waals surface area contributed by atoms with Crippen molar-refractivity contribution in [2.75, 3.05) is 20.1 Å². The van der Waals surface area contributed by atoms with Gasteiger partial charge in [-0.25, -0.2) is 9.37 Å². The first-order valence-electron chi connectivity index (χ1n) is 9.96. The van der Waals surface area contributed by atoms with E-state index in [9.17, 15) is 14.0 Å². The van der Waals surface area contributed by atoms with Gasteiger partial charge in [0.25, 0.3) is 5.91 Å². The monoisotopic (exact) mass is 406 g/mol. The number of nitrogens with zero attached hydrogens (tertiary/aromatic N) is 3. The first-order valence-corrected chi connectivity index (χ1v) is 9.96. The van der Waals surface area contributed by atoms with Crippen molar-refractivity contribution in [1.82, 2.24) is 19.8 Å². The number of carbonyl (C=O) groups is 2. The first-order chi connectivity index (χ1) is 14.6. The fourth-order valence-corrected chi connectivity index (χ4v) is 3.83. The van der Waals surface area contributed by atoms with Crippen LogP contribution >= 0.6 is 0 Å². The summed E-state index contributed by atoms with van der Waals surface area (Å²) in [6.07, 6.45) is 0.527. The van der Waals surface area contributed by atoms with Crippen molar-refractivity contribution in [3.8, 4) is 11.4 Å². The number of halogens is 1. The summed E-state index contributed by atoms with van der Waals surface area (Å²) in [7, 11) is 1.58. The third kappa shape index (κ3) is 3.83. The topological polar surface area (TPSA) is 67.2 Å². The number of benzene rings is 2. The van der Waals surface area contributed by atoms with Crippen LogP contribution in [0.2, 0.25) is 0 Å². The smallest absolute Gasteiger partial charge is 0.271 e. The van der Waals surface area contributed by atoms with Gasteiger partial charge in [0.05, 0.1) is 12.1 Å². The second-order valence-corrected chi connectivity index (χ2v) is 7.23. The van der Waals surface area contributed by atoms with Crippen LogP contribution in [0, 0.1) is 5.82 Å². The van der Waals surface area contributed by atoms with Gasteiger partial charge in [0, 0.05) is 38.7 Å². The van der Waals surface area contributed by atoms with E-state index >= 15 is 0 Å². The summed E-state index contributed by atoms with van der Waals surface area (Å²) >= 11 is 0. The van der Waals surface area contributed by atoms with Crippen molar-refractivity contribution in [3.63, 3.8) is 0 Å². The molecule has 0 unspecified atom stereocenters. The van der Waals surface area contributed by atoms with E-state index in [0.717, 1.165) is 11.3 Å². The number of rotatable bonds is 4. The number of imidazole rings is 1. The van der Waals surface area contributed by atoms with Crippen molar-refractivity contribution < 1.29 is 14.0 Å². The molecule has 1 aliphatic rings. The van der Waals surface area contributed by atoms with E-state index < -0.39 is 0 Å². The maximum atomic E-state index is 14.0. The Kier molecular flexibility index (Phi) is 5.61. The van der Waals surface area contributed by atoms with Crippen LogP contribution in [-0.2, 0) is 24.2 Å². The van der Waals surface area contributed by atoms with E-state index in [2.05, 4.69) is 10.3 Å². The molecule has 0 atom stereocenters. The Bertz CT molecular complexity index is 1080. The average Bonchev–Trinajstić information content (AvgIpc) is 2.99. The molecule has 0 saturated carbocycles. The highest BCUT2D eigenvalue weighted by molar-refractivity contribution is 5.94. The van der Waals surface area contributed by atoms with Gasteiger partial charge >= 0.3 is 0 Å². The Morgan fingerprint density at radius 3 is 2.50 bits per heavy atom. The number of amides is 2. The summed E-state index contributed by atoms with van der Waals surface area (Å²) < 4.78 is 16.0. The summed E-state index contributed by atoms with van der Waals surface area (Å²) in [4.78, 5) is 31.6. The van der Waals surface area contributed by atoms with E-state index in [4.69, 9.17) is 0 Å². The standard InChI is InChI=1S/C23H23FN4O2/c1-25-23(30)21-19-11-12-27(20(29)15-17-9-5-6-10-18(17)24)13-14-28(19)22(26-21)16-7-3-2-4-8-16/h2-10H,11-15H2,1H3,(H,25,30). The fraction of sp³-hybridized carbons (Fsp3) is 0.261. The summed E-state index contributed by atoms with van der Waals surface area (Å²) in [5, 5.41) is 2.65. The van der Waals surface area contributed by atoms with Crippen LogP contribution in [0.5, 0.6) is 0 Å². The van der Waals surface area contributed by atoms with Crippen LogP contribution in [0.4, 0.5) is 4.39 Å². The lowest BCUT2D eigenvalue weighted by Crippen LogP contribution is -2.35. The molecule has 154 valence electrons. The highest BCUT2D eigenvalue weighted by Crippen LogP contribution is 2.25. The molecule has 0 aliphatic carbocycles. The molecule has 0 spiro atoms. The third-order valence-electron chi connectivity index (χ3n) is 5.41. The lowest BCUT2D eigenvalue weighted by Gasteiger charge is -2.20. The van der Waals surface area contributed by atoms with E-state index in [0.29, 0.717) is 43.1 Å². The molecule has 6 nitrogen and oxygen atoms in total. The van der Waals surface area contributed by atoms with Crippen LogP contribution in [0.25, 0.3) is 11.4 Å². The molecule has 30 heavy (non-hydrogen) atoms. The Morgan fingerprint density at radius 1 is 1.03 bits per heavy atom. The highest BCUT2D eigenvalue weighted by Gasteiger charge is 2.27. The van der Waals surface area contributed by atoms with E-state index in [1.807, 2.05) is 34.9 Å². The van der Waals surface area contributed by atoms with Gasteiger partial charge in [0.15, 0.2) is 0 Å². The molecular formula is C23H23FN4O2. The van der Waals surface area contributed by atoms with Crippen molar-refractivity contribution in [2.45, 2.75) is 19.4 Å². The second kappa shape index (κ2) is 8.49. The van der Waals surface area contributed by atoms with Crippen LogP contribution in [0.3, 0.4) is 0 Å². The van der Waals surface area contributed by atoms with Crippen LogP contribution in [-0.4, -0.2) is 46.4 Å². The van der Waals surface area contributed by atoms with Gasteiger partial charge in [0.2, 0.25) is 5.91 Å². The van der Waals surface area contributed by atoms with Crippen molar-refractivity contribution in [1.29, 1.82) is 0 Å². The van der Waals surface area contributed by atoms with Crippen molar-refractivity contribution in [2.24, 2.45) is 0 Å². The largest absolute Gasteiger partial charge is 0.354 e. The molecule has 2 aromatic carbocycles. The van der Waals surface area contributed by atoms with Gasteiger partial charge in [-0.15, -0.1) is 0 Å². The fourth-order valence-electron chi connectivity index (χ4n) is 3.83. The average molecular weight is 406 g/mol. The highest BCUT2D eigenvalue weighted by atomic mass is 19.1. The zero-order chi connectivity index (χ0) is 21.1.